The van der Waals surface area contributed by atoms with E-state index >= 15 is 0 Å². The van der Waals surface area contributed by atoms with Crippen molar-refractivity contribution in [2.45, 2.75) is 70.5 Å². The van der Waals surface area contributed by atoms with Gasteiger partial charge in [0, 0.05) is 45.2 Å². The van der Waals surface area contributed by atoms with Gasteiger partial charge in [-0.1, -0.05) is 6.07 Å². The highest BCUT2D eigenvalue weighted by atomic mass is 16.5. The summed E-state index contributed by atoms with van der Waals surface area (Å²) < 4.78 is 18.2. The second-order valence-electron chi connectivity index (χ2n) is 10.7. The van der Waals surface area contributed by atoms with Crippen molar-refractivity contribution < 1.29 is 18.7 Å². The average molecular weight is 518 g/mol. The molecule has 6 rings (SSSR count). The normalized spacial score (nSPS) is 22.3. The summed E-state index contributed by atoms with van der Waals surface area (Å²) in [6, 6.07) is 6.04. The maximum Gasteiger partial charge on any atom is 0.227 e. The predicted octanol–water partition coefficient (Wildman–Crippen LogP) is 5.12. The summed E-state index contributed by atoms with van der Waals surface area (Å²) in [6.07, 6.45) is 9.68. The summed E-state index contributed by atoms with van der Waals surface area (Å²) in [7, 11) is 3.42. The number of amides is 1. The van der Waals surface area contributed by atoms with Gasteiger partial charge in [0.25, 0.3) is 0 Å². The Morgan fingerprint density at radius 3 is 2.79 bits per heavy atom. The number of aromatic amines is 1. The Kier molecular flexibility index (Phi) is 6.78. The Labute approximate surface area is 221 Å². The predicted molar refractivity (Wildman–Crippen MR) is 144 cm³/mol. The topological polar surface area (TPSA) is 115 Å². The third kappa shape index (κ3) is 4.75. The number of carbonyl (C=O) groups is 1. The maximum atomic E-state index is 12.2. The number of carbonyl (C=O) groups excluding carboxylic acids is 1. The third-order valence-corrected chi connectivity index (χ3v) is 8.22. The van der Waals surface area contributed by atoms with Crippen molar-refractivity contribution in [2.75, 3.05) is 14.2 Å². The molecule has 1 amide bonds. The van der Waals surface area contributed by atoms with Crippen molar-refractivity contribution in [1.82, 2.24) is 25.3 Å². The zero-order valence-electron chi connectivity index (χ0n) is 22.3. The lowest BCUT2D eigenvalue weighted by Crippen LogP contribution is -2.39. The standard InChI is InChI=1S/C29H35N5O4/c1-16-32-22-11-10-17(12-24(22)37-16)21-15-31-27-26(21)29(38-20-6-4-5-7-20)34-25(33-27)14-18-8-9-19(28(35)30-2)13-23(18)36-3/h10-12,15,18-20,23H,4-9,13-14H2,1-3H3,(H,30,35)(H,31,33,34). The first-order chi connectivity index (χ1) is 18.5. The number of methoxy groups -OCH3 is 1. The lowest BCUT2D eigenvalue weighted by atomic mass is 9.77. The number of oxazole rings is 1. The highest BCUT2D eigenvalue weighted by Gasteiger charge is 2.34. The van der Waals surface area contributed by atoms with E-state index in [-0.39, 0.29) is 30.0 Å². The summed E-state index contributed by atoms with van der Waals surface area (Å²) in [5, 5.41) is 3.67. The van der Waals surface area contributed by atoms with Crippen molar-refractivity contribution in [1.29, 1.82) is 0 Å². The molecule has 3 atom stereocenters. The molecule has 0 saturated heterocycles. The Hall–Kier alpha value is -3.46. The molecule has 4 aromatic rings. The van der Waals surface area contributed by atoms with Gasteiger partial charge in [0.1, 0.15) is 23.1 Å². The molecule has 9 heteroatoms. The quantitative estimate of drug-likeness (QED) is 0.350. The molecule has 9 nitrogen and oxygen atoms in total. The first-order valence-corrected chi connectivity index (χ1v) is 13.7. The first-order valence-electron chi connectivity index (χ1n) is 13.7. The van der Waals surface area contributed by atoms with Crippen molar-refractivity contribution in [3.63, 3.8) is 0 Å². The van der Waals surface area contributed by atoms with Crippen LogP contribution in [-0.2, 0) is 16.0 Å². The molecule has 3 aromatic heterocycles. The molecule has 0 aliphatic heterocycles. The van der Waals surface area contributed by atoms with E-state index in [2.05, 4.69) is 15.3 Å². The van der Waals surface area contributed by atoms with Crippen LogP contribution in [0.4, 0.5) is 0 Å². The molecule has 3 unspecified atom stereocenters. The summed E-state index contributed by atoms with van der Waals surface area (Å²) in [4.78, 5) is 30.0. The van der Waals surface area contributed by atoms with E-state index in [9.17, 15) is 4.79 Å². The third-order valence-electron chi connectivity index (χ3n) is 8.22. The summed E-state index contributed by atoms with van der Waals surface area (Å²) in [5.41, 5.74) is 4.34. The lowest BCUT2D eigenvalue weighted by Gasteiger charge is -2.34. The Morgan fingerprint density at radius 2 is 2.00 bits per heavy atom. The number of nitrogens with one attached hydrogen (secondary N) is 2. The van der Waals surface area contributed by atoms with E-state index < -0.39 is 0 Å². The number of H-pyrrole nitrogens is 1. The zero-order valence-corrected chi connectivity index (χ0v) is 22.3. The molecular formula is C29H35N5O4. The Morgan fingerprint density at radius 1 is 1.16 bits per heavy atom. The molecule has 0 radical (unpaired) electrons. The molecule has 0 spiro atoms. The molecule has 2 aliphatic carbocycles. The van der Waals surface area contributed by atoms with Crippen molar-refractivity contribution in [2.24, 2.45) is 11.8 Å². The molecule has 200 valence electrons. The van der Waals surface area contributed by atoms with Gasteiger partial charge in [-0.2, -0.15) is 4.98 Å². The molecule has 2 saturated carbocycles. The van der Waals surface area contributed by atoms with Crippen LogP contribution >= 0.6 is 0 Å². The van der Waals surface area contributed by atoms with Crippen molar-refractivity contribution in [3.8, 4) is 17.0 Å². The molecular weight excluding hydrogens is 482 g/mol. The number of aromatic nitrogens is 4. The van der Waals surface area contributed by atoms with E-state index in [4.69, 9.17) is 23.9 Å². The van der Waals surface area contributed by atoms with Gasteiger partial charge >= 0.3 is 0 Å². The van der Waals surface area contributed by atoms with Crippen LogP contribution in [-0.4, -0.2) is 52.2 Å². The Bertz CT molecular complexity index is 1450. The van der Waals surface area contributed by atoms with Crippen LogP contribution in [0.15, 0.2) is 28.8 Å². The second kappa shape index (κ2) is 10.4. The summed E-state index contributed by atoms with van der Waals surface area (Å²) in [6.45, 7) is 1.85. The van der Waals surface area contributed by atoms with Gasteiger partial charge < -0.3 is 24.2 Å². The van der Waals surface area contributed by atoms with Crippen LogP contribution in [0.3, 0.4) is 0 Å². The molecule has 38 heavy (non-hydrogen) atoms. The number of benzene rings is 1. The van der Waals surface area contributed by atoms with Crippen molar-refractivity contribution in [3.05, 3.63) is 36.1 Å². The van der Waals surface area contributed by atoms with Crippen LogP contribution in [0.25, 0.3) is 33.3 Å². The molecule has 1 aromatic carbocycles. The number of ether oxygens (including phenoxy) is 2. The highest BCUT2D eigenvalue weighted by Crippen LogP contribution is 2.38. The minimum atomic E-state index is -0.0131. The largest absolute Gasteiger partial charge is 0.474 e. The van der Waals surface area contributed by atoms with Crippen LogP contribution in [0, 0.1) is 18.8 Å². The van der Waals surface area contributed by atoms with E-state index in [1.54, 1.807) is 14.2 Å². The van der Waals surface area contributed by atoms with Gasteiger partial charge in [0.15, 0.2) is 11.5 Å². The van der Waals surface area contributed by atoms with Crippen LogP contribution in [0.1, 0.15) is 56.7 Å². The zero-order chi connectivity index (χ0) is 26.2. The SMILES string of the molecule is CNC(=O)C1CCC(Cc2nc(OC3CCCC3)c3c(-c4ccc5nc(C)oc5c4)c[nH]c3n2)C(OC)C1. The molecule has 2 aliphatic rings. The molecule has 3 heterocycles. The fourth-order valence-corrected chi connectivity index (χ4v) is 6.21. The van der Waals surface area contributed by atoms with Crippen LogP contribution < -0.4 is 10.1 Å². The maximum absolute atomic E-state index is 12.2. The molecule has 2 fully saturated rings. The van der Waals surface area contributed by atoms with Gasteiger partial charge in [0.05, 0.1) is 11.5 Å². The fourth-order valence-electron chi connectivity index (χ4n) is 6.21. The second-order valence-corrected chi connectivity index (χ2v) is 10.7. The number of nitrogens with zero attached hydrogens (tertiary/aromatic N) is 3. The number of hydrogen-bond donors (Lipinski definition) is 2. The minimum Gasteiger partial charge on any atom is -0.474 e. The van der Waals surface area contributed by atoms with Gasteiger partial charge in [0.2, 0.25) is 11.8 Å². The van der Waals surface area contributed by atoms with Gasteiger partial charge in [-0.15, -0.1) is 0 Å². The molecule has 0 bridgehead atoms. The summed E-state index contributed by atoms with van der Waals surface area (Å²) >= 11 is 0. The minimum absolute atomic E-state index is 0.0117. The highest BCUT2D eigenvalue weighted by molar-refractivity contribution is 5.98. The lowest BCUT2D eigenvalue weighted by molar-refractivity contribution is -0.128. The van der Waals surface area contributed by atoms with E-state index in [1.165, 1.54) is 12.8 Å². The average Bonchev–Trinajstić information content (AvgIpc) is 3.67. The van der Waals surface area contributed by atoms with Crippen LogP contribution in [0.5, 0.6) is 5.88 Å². The monoisotopic (exact) mass is 517 g/mol. The molecule has 2 N–H and O–H groups in total. The number of aryl methyl sites for hydroxylation is 1. The van der Waals surface area contributed by atoms with Crippen molar-refractivity contribution >= 4 is 28.0 Å². The number of fused-ring (bicyclic) bond motifs is 2. The smallest absolute Gasteiger partial charge is 0.227 e. The van der Waals surface area contributed by atoms with Gasteiger partial charge in [-0.25, -0.2) is 9.97 Å². The van der Waals surface area contributed by atoms with E-state index in [1.807, 2.05) is 31.3 Å². The van der Waals surface area contributed by atoms with E-state index in [0.29, 0.717) is 24.6 Å². The first kappa shape index (κ1) is 24.9. The number of rotatable bonds is 7. The summed E-state index contributed by atoms with van der Waals surface area (Å²) in [5.74, 6) is 2.34. The van der Waals surface area contributed by atoms with Gasteiger partial charge in [-0.3, -0.25) is 4.79 Å². The Balaban J connectivity index is 1.34. The van der Waals surface area contributed by atoms with Gasteiger partial charge in [-0.05, 0) is 68.6 Å². The number of hydrogen-bond acceptors (Lipinski definition) is 7. The fraction of sp³-hybridized carbons (Fsp3) is 0.517. The van der Waals surface area contributed by atoms with Crippen LogP contribution in [0.2, 0.25) is 0 Å². The van der Waals surface area contributed by atoms with E-state index in [0.717, 1.165) is 64.8 Å².